The smallest absolute Gasteiger partial charge is 0.0654 e. The van der Waals surface area contributed by atoms with E-state index in [0.717, 1.165) is 19.8 Å². The second-order valence-corrected chi connectivity index (χ2v) is 8.22. The second kappa shape index (κ2) is 9.39. The van der Waals surface area contributed by atoms with Crippen LogP contribution >= 0.6 is 0 Å². The largest absolute Gasteiger partial charge is 0.384 e. The quantitative estimate of drug-likeness (QED) is 0.589. The third-order valence-electron chi connectivity index (χ3n) is 6.20. The average molecular weight is 327 g/mol. The third kappa shape index (κ3) is 5.44. The van der Waals surface area contributed by atoms with Gasteiger partial charge in [-0.15, -0.1) is 0 Å². The van der Waals surface area contributed by atoms with Crippen molar-refractivity contribution in [2.45, 2.75) is 83.2 Å². The molecule has 0 unspecified atom stereocenters. The monoisotopic (exact) mass is 326 g/mol. The van der Waals surface area contributed by atoms with Gasteiger partial charge in [-0.1, -0.05) is 44.9 Å². The summed E-state index contributed by atoms with van der Waals surface area (Å²) in [4.78, 5) is 0. The van der Waals surface area contributed by atoms with Crippen molar-refractivity contribution in [3.05, 3.63) is 0 Å². The van der Waals surface area contributed by atoms with E-state index in [-0.39, 0.29) is 11.0 Å². The minimum absolute atomic E-state index is 0.0270. The number of rotatable bonds is 8. The Morgan fingerprint density at radius 2 is 1.30 bits per heavy atom. The molecule has 0 aromatic carbocycles. The number of ether oxygens (including phenoxy) is 3. The van der Waals surface area contributed by atoms with Gasteiger partial charge in [-0.3, -0.25) is 0 Å². The van der Waals surface area contributed by atoms with Gasteiger partial charge in [0.05, 0.1) is 25.4 Å². The summed E-state index contributed by atoms with van der Waals surface area (Å²) in [6.45, 7) is 4.61. The Hall–Kier alpha value is -0.120. The SMILES string of the molecule is COCC(COC)(COC1(C)CCCCCC1)C1CCCCC1. The van der Waals surface area contributed by atoms with Gasteiger partial charge in [0, 0.05) is 19.6 Å². The summed E-state index contributed by atoms with van der Waals surface area (Å²) >= 11 is 0. The summed E-state index contributed by atoms with van der Waals surface area (Å²) in [5, 5.41) is 0. The molecule has 136 valence electrons. The third-order valence-corrected chi connectivity index (χ3v) is 6.20. The highest BCUT2D eigenvalue weighted by Crippen LogP contribution is 2.41. The van der Waals surface area contributed by atoms with Crippen molar-refractivity contribution in [2.24, 2.45) is 11.3 Å². The van der Waals surface area contributed by atoms with Crippen LogP contribution < -0.4 is 0 Å². The van der Waals surface area contributed by atoms with Crippen LogP contribution in [0.25, 0.3) is 0 Å². The molecular weight excluding hydrogens is 288 g/mol. The van der Waals surface area contributed by atoms with Crippen LogP contribution in [0.3, 0.4) is 0 Å². The molecule has 0 heterocycles. The van der Waals surface area contributed by atoms with Gasteiger partial charge in [0.2, 0.25) is 0 Å². The summed E-state index contributed by atoms with van der Waals surface area (Å²) < 4.78 is 17.9. The topological polar surface area (TPSA) is 27.7 Å². The van der Waals surface area contributed by atoms with Crippen molar-refractivity contribution < 1.29 is 14.2 Å². The number of hydrogen-bond acceptors (Lipinski definition) is 3. The molecule has 2 aliphatic rings. The van der Waals surface area contributed by atoms with E-state index < -0.39 is 0 Å². The van der Waals surface area contributed by atoms with Gasteiger partial charge in [0.15, 0.2) is 0 Å². The Morgan fingerprint density at radius 1 is 0.783 bits per heavy atom. The zero-order valence-corrected chi connectivity index (χ0v) is 15.7. The maximum atomic E-state index is 6.61. The lowest BCUT2D eigenvalue weighted by atomic mass is 9.69. The van der Waals surface area contributed by atoms with Crippen molar-refractivity contribution in [1.82, 2.24) is 0 Å². The van der Waals surface area contributed by atoms with Gasteiger partial charge >= 0.3 is 0 Å². The minimum Gasteiger partial charge on any atom is -0.384 e. The van der Waals surface area contributed by atoms with Gasteiger partial charge in [-0.2, -0.15) is 0 Å². The van der Waals surface area contributed by atoms with Crippen LogP contribution in [0, 0.1) is 11.3 Å². The maximum absolute atomic E-state index is 6.61. The Morgan fingerprint density at radius 3 is 1.83 bits per heavy atom. The van der Waals surface area contributed by atoms with Crippen LogP contribution in [0.15, 0.2) is 0 Å². The van der Waals surface area contributed by atoms with E-state index in [1.165, 1.54) is 70.6 Å². The molecule has 2 saturated carbocycles. The minimum atomic E-state index is 0.0270. The Balaban J connectivity index is 2.05. The zero-order valence-electron chi connectivity index (χ0n) is 15.7. The Kier molecular flexibility index (Phi) is 7.84. The fourth-order valence-electron chi connectivity index (χ4n) is 4.71. The molecule has 23 heavy (non-hydrogen) atoms. The second-order valence-electron chi connectivity index (χ2n) is 8.22. The molecule has 2 aliphatic carbocycles. The van der Waals surface area contributed by atoms with Crippen molar-refractivity contribution in [3.8, 4) is 0 Å². The van der Waals surface area contributed by atoms with Crippen molar-refractivity contribution in [2.75, 3.05) is 34.0 Å². The highest BCUT2D eigenvalue weighted by Gasteiger charge is 2.42. The van der Waals surface area contributed by atoms with Crippen LogP contribution in [-0.4, -0.2) is 39.6 Å². The van der Waals surface area contributed by atoms with Crippen molar-refractivity contribution in [3.63, 3.8) is 0 Å². The lowest BCUT2D eigenvalue weighted by Gasteiger charge is -2.44. The molecule has 0 saturated heterocycles. The van der Waals surface area contributed by atoms with Gasteiger partial charge in [0.1, 0.15) is 0 Å². The molecule has 0 N–H and O–H groups in total. The maximum Gasteiger partial charge on any atom is 0.0654 e. The summed E-state index contributed by atoms with van der Waals surface area (Å²) in [5.41, 5.74) is 0.0805. The van der Waals surface area contributed by atoms with Gasteiger partial charge in [0.25, 0.3) is 0 Å². The van der Waals surface area contributed by atoms with Crippen molar-refractivity contribution >= 4 is 0 Å². The first-order chi connectivity index (χ1) is 11.1. The predicted molar refractivity (Wildman–Crippen MR) is 94.8 cm³/mol. The highest BCUT2D eigenvalue weighted by atomic mass is 16.5. The summed E-state index contributed by atoms with van der Waals surface area (Å²) in [6, 6.07) is 0. The number of hydrogen-bond donors (Lipinski definition) is 0. The molecule has 2 rings (SSSR count). The molecule has 0 atom stereocenters. The van der Waals surface area contributed by atoms with E-state index >= 15 is 0 Å². The van der Waals surface area contributed by atoms with Crippen molar-refractivity contribution in [1.29, 1.82) is 0 Å². The van der Waals surface area contributed by atoms with E-state index in [9.17, 15) is 0 Å². The lowest BCUT2D eigenvalue weighted by Crippen LogP contribution is -2.46. The van der Waals surface area contributed by atoms with E-state index in [1.54, 1.807) is 0 Å². The fourth-order valence-corrected chi connectivity index (χ4v) is 4.71. The zero-order chi connectivity index (χ0) is 16.6. The molecule has 3 nitrogen and oxygen atoms in total. The van der Waals surface area contributed by atoms with Crippen LogP contribution in [-0.2, 0) is 14.2 Å². The summed E-state index contributed by atoms with van der Waals surface area (Å²) in [6.07, 6.45) is 14.4. The number of methoxy groups -OCH3 is 2. The Labute approximate surface area is 143 Å². The Bertz CT molecular complexity index is 309. The van der Waals surface area contributed by atoms with Gasteiger partial charge in [-0.05, 0) is 38.5 Å². The van der Waals surface area contributed by atoms with E-state index in [0.29, 0.717) is 5.92 Å². The molecule has 0 amide bonds. The molecule has 0 spiro atoms. The average Bonchev–Trinajstić information content (AvgIpc) is 2.79. The van der Waals surface area contributed by atoms with Crippen LogP contribution in [0.2, 0.25) is 0 Å². The van der Waals surface area contributed by atoms with Crippen LogP contribution in [0.5, 0.6) is 0 Å². The molecular formula is C20H38O3. The molecule has 2 fully saturated rings. The first-order valence-electron chi connectivity index (χ1n) is 9.76. The molecule has 0 aromatic heterocycles. The summed E-state index contributed by atoms with van der Waals surface area (Å²) in [7, 11) is 3.64. The molecule has 0 radical (unpaired) electrons. The molecule has 0 bridgehead atoms. The fraction of sp³-hybridized carbons (Fsp3) is 1.00. The standard InChI is InChI=1S/C20H38O3/c1-19(13-9-4-5-10-14-19)23-17-20(15-21-2,16-22-3)18-11-7-6-8-12-18/h18H,4-17H2,1-3H3. The van der Waals surface area contributed by atoms with E-state index in [4.69, 9.17) is 14.2 Å². The van der Waals surface area contributed by atoms with Crippen LogP contribution in [0.4, 0.5) is 0 Å². The summed E-state index contributed by atoms with van der Waals surface area (Å²) in [5.74, 6) is 0.672. The van der Waals surface area contributed by atoms with Gasteiger partial charge in [-0.25, -0.2) is 0 Å². The lowest BCUT2D eigenvalue weighted by molar-refractivity contribution is -0.139. The van der Waals surface area contributed by atoms with Gasteiger partial charge < -0.3 is 14.2 Å². The molecule has 0 aliphatic heterocycles. The normalized spacial score (nSPS) is 23.6. The molecule has 3 heteroatoms. The first-order valence-corrected chi connectivity index (χ1v) is 9.76. The van der Waals surface area contributed by atoms with E-state index in [2.05, 4.69) is 6.92 Å². The molecule has 0 aromatic rings. The first kappa shape index (κ1) is 19.2. The van der Waals surface area contributed by atoms with Crippen LogP contribution in [0.1, 0.15) is 77.6 Å². The highest BCUT2D eigenvalue weighted by molar-refractivity contribution is 4.90. The predicted octanol–water partition coefficient (Wildman–Crippen LogP) is 4.98. The van der Waals surface area contributed by atoms with E-state index in [1.807, 2.05) is 14.2 Å².